The summed E-state index contributed by atoms with van der Waals surface area (Å²) in [5, 5.41) is 2.89. The Bertz CT molecular complexity index is 1280. The summed E-state index contributed by atoms with van der Waals surface area (Å²) in [5.74, 6) is -0.672. The Balaban J connectivity index is 1.59. The van der Waals surface area contributed by atoms with Crippen molar-refractivity contribution in [1.29, 1.82) is 0 Å². The molecule has 0 spiro atoms. The first-order chi connectivity index (χ1) is 17.7. The lowest BCUT2D eigenvalue weighted by atomic mass is 10.1. The predicted octanol–water partition coefficient (Wildman–Crippen LogP) is 4.40. The predicted molar refractivity (Wildman–Crippen MR) is 140 cm³/mol. The van der Waals surface area contributed by atoms with Gasteiger partial charge in [0, 0.05) is 36.9 Å². The largest absolute Gasteiger partial charge is 0.459 e. The second kappa shape index (κ2) is 11.2. The average Bonchev–Trinajstić information content (AvgIpc) is 2.88. The molecule has 1 fully saturated rings. The van der Waals surface area contributed by atoms with E-state index in [4.69, 9.17) is 4.74 Å². The topological polar surface area (TPSA) is 105 Å². The van der Waals surface area contributed by atoms with Gasteiger partial charge in [-0.2, -0.15) is 0 Å². The molecule has 1 aliphatic rings. The molecule has 9 nitrogen and oxygen atoms in total. The van der Waals surface area contributed by atoms with Gasteiger partial charge in [-0.05, 0) is 39.8 Å². The Morgan fingerprint density at radius 2 is 1.62 bits per heavy atom. The molecule has 4 rings (SSSR count). The van der Waals surface area contributed by atoms with Crippen LogP contribution in [0, 0.1) is 6.92 Å². The third-order valence-corrected chi connectivity index (χ3v) is 6.07. The van der Waals surface area contributed by atoms with Crippen molar-refractivity contribution >= 4 is 23.6 Å². The molecule has 37 heavy (non-hydrogen) atoms. The highest BCUT2D eigenvalue weighted by Gasteiger charge is 2.34. The van der Waals surface area contributed by atoms with Crippen LogP contribution in [0.4, 0.5) is 10.5 Å². The molecule has 0 radical (unpaired) electrons. The molecular formula is C28H31N5O4. The molecule has 0 aliphatic carbocycles. The van der Waals surface area contributed by atoms with E-state index in [-0.39, 0.29) is 29.4 Å². The number of carbonyl (C=O) groups is 3. The lowest BCUT2D eigenvalue weighted by Gasteiger charge is -2.39. The molecule has 1 saturated heterocycles. The zero-order valence-corrected chi connectivity index (χ0v) is 21.5. The number of hydrogen-bond acceptors (Lipinski definition) is 6. The van der Waals surface area contributed by atoms with Crippen molar-refractivity contribution in [3.8, 4) is 11.4 Å². The van der Waals surface area contributed by atoms with Crippen molar-refractivity contribution in [2.75, 3.05) is 25.0 Å². The standard InChI is InChI=1S/C28H31N5O4/c1-18(2)37-27(35)23-20(4)29-25(21-11-7-5-8-12-21)31-24(23)26(34)32-15-16-33(19(3)17-32)28(36)30-22-13-9-6-10-14-22/h5-14,18-19H,15-17H2,1-4H3,(H,30,36). The molecule has 3 aromatic rings. The highest BCUT2D eigenvalue weighted by molar-refractivity contribution is 6.05. The summed E-state index contributed by atoms with van der Waals surface area (Å²) in [5.41, 5.74) is 1.88. The van der Waals surface area contributed by atoms with Gasteiger partial charge >= 0.3 is 12.0 Å². The highest BCUT2D eigenvalue weighted by Crippen LogP contribution is 2.23. The zero-order valence-electron chi connectivity index (χ0n) is 21.5. The van der Waals surface area contributed by atoms with Gasteiger partial charge in [0.25, 0.3) is 5.91 Å². The van der Waals surface area contributed by atoms with Gasteiger partial charge in [-0.1, -0.05) is 48.5 Å². The van der Waals surface area contributed by atoms with E-state index in [1.54, 1.807) is 30.6 Å². The van der Waals surface area contributed by atoms with Crippen LogP contribution >= 0.6 is 0 Å². The minimum atomic E-state index is -0.635. The molecular weight excluding hydrogens is 470 g/mol. The number of ether oxygens (including phenoxy) is 1. The van der Waals surface area contributed by atoms with Crippen LogP contribution in [0.2, 0.25) is 0 Å². The van der Waals surface area contributed by atoms with Crippen molar-refractivity contribution in [2.24, 2.45) is 0 Å². The number of hydrogen-bond donors (Lipinski definition) is 1. The maximum Gasteiger partial charge on any atom is 0.342 e. The third-order valence-electron chi connectivity index (χ3n) is 6.07. The minimum Gasteiger partial charge on any atom is -0.459 e. The van der Waals surface area contributed by atoms with Gasteiger partial charge in [-0.15, -0.1) is 0 Å². The number of carbonyl (C=O) groups excluding carboxylic acids is 3. The molecule has 2 heterocycles. The molecule has 3 amide bonds. The normalized spacial score (nSPS) is 15.4. The van der Waals surface area contributed by atoms with E-state index in [0.29, 0.717) is 36.8 Å². The van der Waals surface area contributed by atoms with Gasteiger partial charge in [-0.3, -0.25) is 4.79 Å². The number of benzene rings is 2. The molecule has 192 valence electrons. The van der Waals surface area contributed by atoms with Crippen LogP contribution in [0.15, 0.2) is 60.7 Å². The van der Waals surface area contributed by atoms with E-state index in [0.717, 1.165) is 5.56 Å². The van der Waals surface area contributed by atoms with Crippen LogP contribution in [0.3, 0.4) is 0 Å². The fourth-order valence-corrected chi connectivity index (χ4v) is 4.27. The SMILES string of the molecule is Cc1nc(-c2ccccc2)nc(C(=O)N2CCN(C(=O)Nc3ccccc3)C(C)C2)c1C(=O)OC(C)C. The first-order valence-electron chi connectivity index (χ1n) is 12.3. The van der Waals surface area contributed by atoms with Gasteiger partial charge in [-0.25, -0.2) is 19.6 Å². The van der Waals surface area contributed by atoms with E-state index in [9.17, 15) is 14.4 Å². The van der Waals surface area contributed by atoms with E-state index in [1.165, 1.54) is 0 Å². The molecule has 1 aromatic heterocycles. The number of aryl methyl sites for hydroxylation is 1. The lowest BCUT2D eigenvalue weighted by Crippen LogP contribution is -2.56. The van der Waals surface area contributed by atoms with Crippen molar-refractivity contribution in [2.45, 2.75) is 39.8 Å². The molecule has 1 atom stereocenters. The number of anilines is 1. The smallest absolute Gasteiger partial charge is 0.342 e. The summed E-state index contributed by atoms with van der Waals surface area (Å²) < 4.78 is 5.42. The van der Waals surface area contributed by atoms with Crippen LogP contribution in [0.1, 0.15) is 47.3 Å². The Labute approximate surface area is 216 Å². The maximum atomic E-state index is 13.8. The number of rotatable bonds is 5. The van der Waals surface area contributed by atoms with Crippen LogP contribution < -0.4 is 5.32 Å². The minimum absolute atomic E-state index is 0.00592. The number of nitrogens with zero attached hydrogens (tertiary/aromatic N) is 4. The zero-order chi connectivity index (χ0) is 26.5. The lowest BCUT2D eigenvalue weighted by molar-refractivity contribution is 0.0367. The molecule has 1 unspecified atom stereocenters. The number of amides is 3. The summed E-state index contributed by atoms with van der Waals surface area (Å²) in [6.07, 6.45) is -0.365. The number of nitrogens with one attached hydrogen (secondary N) is 1. The summed E-state index contributed by atoms with van der Waals surface area (Å²) >= 11 is 0. The Morgan fingerprint density at radius 1 is 0.973 bits per heavy atom. The van der Waals surface area contributed by atoms with Gasteiger partial charge in [0.2, 0.25) is 0 Å². The van der Waals surface area contributed by atoms with Crippen LogP contribution in [-0.4, -0.2) is 69.5 Å². The van der Waals surface area contributed by atoms with Crippen LogP contribution in [0.5, 0.6) is 0 Å². The first-order valence-corrected chi connectivity index (χ1v) is 12.3. The van der Waals surface area contributed by atoms with Crippen molar-refractivity contribution < 1.29 is 19.1 Å². The summed E-state index contributed by atoms with van der Waals surface area (Å²) in [4.78, 5) is 52.0. The summed E-state index contributed by atoms with van der Waals surface area (Å²) in [7, 11) is 0. The number of aromatic nitrogens is 2. The second-order valence-electron chi connectivity index (χ2n) is 9.27. The Morgan fingerprint density at radius 3 is 2.24 bits per heavy atom. The Kier molecular flexibility index (Phi) is 7.81. The molecule has 9 heteroatoms. The molecule has 0 saturated carbocycles. The highest BCUT2D eigenvalue weighted by atomic mass is 16.5. The van der Waals surface area contributed by atoms with E-state index in [1.807, 2.05) is 67.6 Å². The maximum absolute atomic E-state index is 13.8. The summed E-state index contributed by atoms with van der Waals surface area (Å²) in [6, 6.07) is 18.1. The van der Waals surface area contributed by atoms with Gasteiger partial charge < -0.3 is 19.9 Å². The second-order valence-corrected chi connectivity index (χ2v) is 9.27. The van der Waals surface area contributed by atoms with Gasteiger partial charge in [0.15, 0.2) is 5.82 Å². The molecule has 1 N–H and O–H groups in total. The van der Waals surface area contributed by atoms with Crippen LogP contribution in [-0.2, 0) is 4.74 Å². The number of para-hydroxylation sites is 1. The third kappa shape index (κ3) is 5.94. The molecule has 0 bridgehead atoms. The van der Waals surface area contributed by atoms with E-state index < -0.39 is 11.9 Å². The summed E-state index contributed by atoms with van der Waals surface area (Å²) in [6.45, 7) is 7.99. The van der Waals surface area contributed by atoms with Gasteiger partial charge in [0.1, 0.15) is 11.3 Å². The fourth-order valence-electron chi connectivity index (χ4n) is 4.27. The fraction of sp³-hybridized carbons (Fsp3) is 0.321. The number of esters is 1. The monoisotopic (exact) mass is 501 g/mol. The average molecular weight is 502 g/mol. The van der Waals surface area contributed by atoms with Crippen molar-refractivity contribution in [1.82, 2.24) is 19.8 Å². The Hall–Kier alpha value is -4.27. The number of urea groups is 1. The van der Waals surface area contributed by atoms with Crippen molar-refractivity contribution in [3.05, 3.63) is 77.6 Å². The van der Waals surface area contributed by atoms with Crippen LogP contribution in [0.25, 0.3) is 11.4 Å². The molecule has 2 aromatic carbocycles. The van der Waals surface area contributed by atoms with Gasteiger partial charge in [0.05, 0.1) is 11.8 Å². The van der Waals surface area contributed by atoms with E-state index >= 15 is 0 Å². The quantitative estimate of drug-likeness (QED) is 0.520. The molecule has 1 aliphatic heterocycles. The first kappa shape index (κ1) is 25.8. The van der Waals surface area contributed by atoms with E-state index in [2.05, 4.69) is 15.3 Å². The van der Waals surface area contributed by atoms with Crippen molar-refractivity contribution in [3.63, 3.8) is 0 Å². The number of piperazine rings is 1.